The molecule has 3 aromatic carbocycles. The lowest BCUT2D eigenvalue weighted by Crippen LogP contribution is -2.57. The van der Waals surface area contributed by atoms with Gasteiger partial charge in [-0.3, -0.25) is 0 Å². The van der Waals surface area contributed by atoms with E-state index in [4.69, 9.17) is 0 Å². The molecule has 2 heterocycles. The highest BCUT2D eigenvalue weighted by atomic mass is 15.0. The molecule has 0 atom stereocenters. The largest absolute Gasteiger partial charge is 0.309 e. The van der Waals surface area contributed by atoms with Crippen LogP contribution in [0.15, 0.2) is 66.7 Å². The lowest BCUT2D eigenvalue weighted by Gasteiger charge is -2.63. The number of hydrogen-bond donors (Lipinski definition) is 0. The van der Waals surface area contributed by atoms with Crippen LogP contribution in [0.1, 0.15) is 43.2 Å². The van der Waals surface area contributed by atoms with Gasteiger partial charge in [-0.15, -0.1) is 0 Å². The van der Waals surface area contributed by atoms with Crippen molar-refractivity contribution in [1.82, 2.24) is 4.57 Å². The second-order valence-corrected chi connectivity index (χ2v) is 10.2. The number of rotatable bonds is 0. The molecule has 29 heavy (non-hydrogen) atoms. The third-order valence-electron chi connectivity index (χ3n) is 9.16. The number of nitrogens with zero attached hydrogens (tertiary/aromatic N) is 1. The van der Waals surface area contributed by atoms with E-state index in [1.807, 2.05) is 0 Å². The Hall–Kier alpha value is -2.54. The van der Waals surface area contributed by atoms with Gasteiger partial charge in [0.1, 0.15) is 0 Å². The summed E-state index contributed by atoms with van der Waals surface area (Å²) in [6, 6.07) is 25.6. The zero-order valence-electron chi connectivity index (χ0n) is 16.6. The number of aromatic nitrogens is 1. The zero-order valence-corrected chi connectivity index (χ0v) is 16.6. The molecule has 0 saturated heterocycles. The Bertz CT molecular complexity index is 1290. The fourth-order valence-corrected chi connectivity index (χ4v) is 8.57. The molecule has 4 aromatic rings. The van der Waals surface area contributed by atoms with Gasteiger partial charge in [0.25, 0.3) is 0 Å². The van der Waals surface area contributed by atoms with Gasteiger partial charge in [0.2, 0.25) is 0 Å². The minimum absolute atomic E-state index is 0.230. The maximum atomic E-state index is 2.59. The topological polar surface area (TPSA) is 4.93 Å². The average Bonchev–Trinajstić information content (AvgIpc) is 3.09. The maximum Gasteiger partial charge on any atom is 0.0582 e. The molecule has 0 N–H and O–H groups in total. The third kappa shape index (κ3) is 1.60. The Morgan fingerprint density at radius 3 is 2.10 bits per heavy atom. The third-order valence-corrected chi connectivity index (χ3v) is 9.16. The predicted molar refractivity (Wildman–Crippen MR) is 119 cm³/mol. The second-order valence-electron chi connectivity index (χ2n) is 10.2. The van der Waals surface area contributed by atoms with Gasteiger partial charge in [-0.25, -0.2) is 0 Å². The van der Waals surface area contributed by atoms with E-state index in [2.05, 4.69) is 71.3 Å². The molecule has 4 saturated carbocycles. The quantitative estimate of drug-likeness (QED) is 0.317. The highest BCUT2D eigenvalue weighted by Crippen LogP contribution is 2.67. The summed E-state index contributed by atoms with van der Waals surface area (Å²) in [5.74, 6) is 3.61. The number of benzene rings is 3. The molecule has 1 aromatic heterocycles. The summed E-state index contributed by atoms with van der Waals surface area (Å²) in [4.78, 5) is 0. The van der Waals surface area contributed by atoms with E-state index >= 15 is 0 Å². The van der Waals surface area contributed by atoms with E-state index in [0.29, 0.717) is 0 Å². The van der Waals surface area contributed by atoms with E-state index in [0.717, 1.165) is 23.7 Å². The van der Waals surface area contributed by atoms with E-state index in [1.54, 1.807) is 11.1 Å². The van der Waals surface area contributed by atoms with Crippen LogP contribution in [0.2, 0.25) is 0 Å². The van der Waals surface area contributed by atoms with Gasteiger partial charge >= 0.3 is 0 Å². The molecule has 5 aliphatic rings. The molecule has 4 fully saturated rings. The van der Waals surface area contributed by atoms with Gasteiger partial charge in [-0.05, 0) is 79.0 Å². The van der Waals surface area contributed by atoms with Gasteiger partial charge in [0.05, 0.1) is 16.7 Å². The first-order valence-electron chi connectivity index (χ1n) is 11.5. The molecule has 4 bridgehead atoms. The van der Waals surface area contributed by atoms with Crippen molar-refractivity contribution in [2.45, 2.75) is 37.5 Å². The van der Waals surface area contributed by atoms with Crippen LogP contribution in [0, 0.1) is 23.7 Å². The monoisotopic (exact) mass is 375 g/mol. The highest BCUT2D eigenvalue weighted by molar-refractivity contribution is 6.11. The van der Waals surface area contributed by atoms with E-state index < -0.39 is 0 Å². The molecule has 1 nitrogen and oxygen atoms in total. The van der Waals surface area contributed by atoms with Gasteiger partial charge in [0.15, 0.2) is 0 Å². The fourth-order valence-electron chi connectivity index (χ4n) is 8.57. The van der Waals surface area contributed by atoms with E-state index in [9.17, 15) is 0 Å². The normalized spacial score (nSPS) is 33.7. The first kappa shape index (κ1) is 15.3. The van der Waals surface area contributed by atoms with Crippen molar-refractivity contribution in [3.8, 4) is 5.69 Å². The van der Waals surface area contributed by atoms with Crippen LogP contribution >= 0.6 is 0 Å². The summed E-state index contributed by atoms with van der Waals surface area (Å²) in [6.45, 7) is 0. The van der Waals surface area contributed by atoms with Gasteiger partial charge < -0.3 is 4.57 Å². The molecule has 9 rings (SSSR count). The zero-order chi connectivity index (χ0) is 18.7. The molecular weight excluding hydrogens is 350 g/mol. The molecule has 1 spiro atoms. The summed E-state index contributed by atoms with van der Waals surface area (Å²) in [5, 5.41) is 2.85. The summed E-state index contributed by atoms with van der Waals surface area (Å²) >= 11 is 0. The van der Waals surface area contributed by atoms with Crippen molar-refractivity contribution in [2.75, 3.05) is 0 Å². The lowest BCUT2D eigenvalue weighted by molar-refractivity contribution is -0.0418. The van der Waals surface area contributed by atoms with Crippen LogP contribution in [0.5, 0.6) is 0 Å². The molecule has 0 amide bonds. The number of fused-ring (bicyclic) bond motifs is 5. The Morgan fingerprint density at radius 2 is 1.28 bits per heavy atom. The summed E-state index contributed by atoms with van der Waals surface area (Å²) in [5.41, 5.74) is 7.80. The molecular formula is C28H25N. The Balaban J connectivity index is 1.59. The highest BCUT2D eigenvalue weighted by Gasteiger charge is 2.60. The standard InChI is InChI=1S/C28H25N/c1-3-10-25-21(6-1)22-7-5-9-24-27(22)29(25)26-11-4-2-8-23(26)28(24)19-13-17-12-18(15-19)16-20(28)14-17/h1-11,17-20H,12-16H2. The van der Waals surface area contributed by atoms with Gasteiger partial charge in [0, 0.05) is 16.2 Å². The first-order valence-corrected chi connectivity index (χ1v) is 11.5. The Labute approximate surface area is 171 Å². The number of hydrogen-bond acceptors (Lipinski definition) is 0. The van der Waals surface area contributed by atoms with Crippen molar-refractivity contribution in [2.24, 2.45) is 23.7 Å². The number of para-hydroxylation sites is 3. The smallest absolute Gasteiger partial charge is 0.0582 e. The maximum absolute atomic E-state index is 2.59. The lowest BCUT2D eigenvalue weighted by atomic mass is 9.41. The summed E-state index contributed by atoms with van der Waals surface area (Å²) in [6.07, 6.45) is 7.28. The van der Waals surface area contributed by atoms with Crippen molar-refractivity contribution in [3.63, 3.8) is 0 Å². The SMILES string of the molecule is c1ccc2c(c1)-n1c3ccccc3c3cccc(c31)C21C2CC3CC(C2)CC1C3. The minimum Gasteiger partial charge on any atom is -0.309 e. The van der Waals surface area contributed by atoms with E-state index in [-0.39, 0.29) is 5.41 Å². The average molecular weight is 376 g/mol. The molecule has 0 radical (unpaired) electrons. The molecule has 1 heteroatoms. The fraction of sp³-hybridized carbons (Fsp3) is 0.357. The second kappa shape index (κ2) is 4.95. The van der Waals surface area contributed by atoms with Crippen LogP contribution in [-0.4, -0.2) is 4.57 Å². The van der Waals surface area contributed by atoms with Crippen LogP contribution in [0.4, 0.5) is 0 Å². The molecule has 142 valence electrons. The van der Waals surface area contributed by atoms with Crippen molar-refractivity contribution < 1.29 is 0 Å². The predicted octanol–water partition coefficient (Wildman–Crippen LogP) is 6.84. The van der Waals surface area contributed by atoms with Gasteiger partial charge in [-0.1, -0.05) is 54.6 Å². The minimum atomic E-state index is 0.230. The van der Waals surface area contributed by atoms with Crippen molar-refractivity contribution in [3.05, 3.63) is 77.9 Å². The summed E-state index contributed by atoms with van der Waals surface area (Å²) < 4.78 is 2.59. The van der Waals surface area contributed by atoms with E-state index in [1.165, 1.54) is 59.6 Å². The van der Waals surface area contributed by atoms with Crippen molar-refractivity contribution >= 4 is 21.8 Å². The first-order chi connectivity index (χ1) is 14.4. The molecule has 4 aliphatic carbocycles. The Kier molecular flexibility index (Phi) is 2.62. The van der Waals surface area contributed by atoms with Gasteiger partial charge in [-0.2, -0.15) is 0 Å². The van der Waals surface area contributed by atoms with Crippen LogP contribution < -0.4 is 0 Å². The molecule has 1 aliphatic heterocycles. The van der Waals surface area contributed by atoms with Crippen LogP contribution in [0.25, 0.3) is 27.5 Å². The molecule has 0 unspecified atom stereocenters. The summed E-state index contributed by atoms with van der Waals surface area (Å²) in [7, 11) is 0. The van der Waals surface area contributed by atoms with Crippen LogP contribution in [0.3, 0.4) is 0 Å². The Morgan fingerprint density at radius 1 is 0.621 bits per heavy atom. The van der Waals surface area contributed by atoms with Crippen LogP contribution in [-0.2, 0) is 5.41 Å². The van der Waals surface area contributed by atoms with Crippen molar-refractivity contribution in [1.29, 1.82) is 0 Å².